The molecule has 8 nitrogen and oxygen atoms in total. The van der Waals surface area contributed by atoms with Gasteiger partial charge in [-0.15, -0.1) is 0 Å². The average molecular weight is 262 g/mol. The Morgan fingerprint density at radius 3 is 2.89 bits per heavy atom. The molecule has 98 valence electrons. The van der Waals surface area contributed by atoms with Crippen molar-refractivity contribution in [3.05, 3.63) is 46.6 Å². The minimum atomic E-state index is -1.31. The molecule has 0 bridgehead atoms. The minimum absolute atomic E-state index is 0.186. The lowest BCUT2D eigenvalue weighted by atomic mass is 10.2. The first kappa shape index (κ1) is 12.6. The predicted octanol–water partition coefficient (Wildman–Crippen LogP) is 1.89. The Bertz CT molecular complexity index is 606. The van der Waals surface area contributed by atoms with Crippen LogP contribution >= 0.6 is 0 Å². The second-order valence-corrected chi connectivity index (χ2v) is 3.53. The van der Waals surface area contributed by atoms with Gasteiger partial charge in [0.2, 0.25) is 0 Å². The number of hydrogen-bond acceptors (Lipinski definition) is 6. The Morgan fingerprint density at radius 2 is 2.16 bits per heavy atom. The molecule has 0 aromatic heterocycles. The number of carbonyl (C=O) groups is 1. The Balaban J connectivity index is 2.27. The van der Waals surface area contributed by atoms with Gasteiger partial charge in [0.15, 0.2) is 4.86 Å². The molecule has 0 atom stereocenters. The summed E-state index contributed by atoms with van der Waals surface area (Å²) in [4.78, 5) is 14.3. The summed E-state index contributed by atoms with van der Waals surface area (Å²) in [5.41, 5.74) is 1.68. The lowest BCUT2D eigenvalue weighted by molar-refractivity contribution is -0.898. The minimum Gasteiger partial charge on any atom is -0.561 e. The third-order valence-corrected chi connectivity index (χ3v) is 2.29. The molecule has 1 aromatic carbocycles. The van der Waals surface area contributed by atoms with Crippen LogP contribution < -0.4 is 5.32 Å². The SMILES string of the molecule is COC(=O)[N+]([O-])=[N+]([O-])C=C1C=Nc2ccccc2N1. The number of fused-ring (bicyclic) bond motifs is 1. The van der Waals surface area contributed by atoms with Crippen LogP contribution in [-0.4, -0.2) is 29.1 Å². The molecule has 19 heavy (non-hydrogen) atoms. The number of allylic oxidation sites excluding steroid dienone is 1. The molecule has 1 aliphatic rings. The zero-order chi connectivity index (χ0) is 13.8. The van der Waals surface area contributed by atoms with Crippen molar-refractivity contribution in [1.82, 2.24) is 0 Å². The molecule has 0 saturated heterocycles. The van der Waals surface area contributed by atoms with E-state index in [-0.39, 0.29) is 10.6 Å². The Labute approximate surface area is 108 Å². The second kappa shape index (κ2) is 5.17. The van der Waals surface area contributed by atoms with Crippen molar-refractivity contribution < 1.29 is 19.3 Å². The Hall–Kier alpha value is -2.90. The molecule has 0 radical (unpaired) electrons. The van der Waals surface area contributed by atoms with Crippen molar-refractivity contribution in [1.29, 1.82) is 0 Å². The monoisotopic (exact) mass is 262 g/mol. The van der Waals surface area contributed by atoms with Gasteiger partial charge in [0, 0.05) is 0 Å². The first-order valence-electron chi connectivity index (χ1n) is 5.25. The molecular weight excluding hydrogens is 252 g/mol. The van der Waals surface area contributed by atoms with Crippen molar-refractivity contribution in [3.63, 3.8) is 0 Å². The van der Waals surface area contributed by atoms with Crippen LogP contribution in [0, 0.1) is 10.4 Å². The number of methoxy groups -OCH3 is 1. The van der Waals surface area contributed by atoms with Crippen LogP contribution in [0.1, 0.15) is 0 Å². The Morgan fingerprint density at radius 1 is 1.42 bits per heavy atom. The fourth-order valence-electron chi connectivity index (χ4n) is 1.41. The number of hydrogen-bond donors (Lipinski definition) is 1. The number of hydroxylamine groups is 2. The third-order valence-electron chi connectivity index (χ3n) is 2.29. The molecular formula is C11H10N4O4. The maximum atomic E-state index is 11.4. The molecule has 1 aromatic rings. The van der Waals surface area contributed by atoms with E-state index < -0.39 is 11.0 Å². The van der Waals surface area contributed by atoms with Gasteiger partial charge >= 0.3 is 6.09 Å². The van der Waals surface area contributed by atoms with E-state index in [0.29, 0.717) is 11.4 Å². The summed E-state index contributed by atoms with van der Waals surface area (Å²) in [6.45, 7) is 0. The molecule has 1 aliphatic heterocycles. The summed E-state index contributed by atoms with van der Waals surface area (Å²) in [6.07, 6.45) is 0.960. The number of para-hydroxylation sites is 2. The number of anilines is 1. The molecule has 8 heteroatoms. The lowest BCUT2D eigenvalue weighted by Crippen LogP contribution is -2.22. The van der Waals surface area contributed by atoms with Gasteiger partial charge in [0.05, 0.1) is 29.6 Å². The number of amides is 1. The number of aliphatic imine (C=N–C) groups is 1. The zero-order valence-electron chi connectivity index (χ0n) is 9.94. The summed E-state index contributed by atoms with van der Waals surface area (Å²) in [6, 6.07) is 7.18. The molecule has 0 spiro atoms. The van der Waals surface area contributed by atoms with E-state index in [1.807, 2.05) is 6.07 Å². The standard InChI is InChI=1S/C11H10N4O4/c1-19-11(16)15(18)14(17)7-8-6-12-9-4-2-3-5-10(9)13-8/h2-7,13H,1H3. The van der Waals surface area contributed by atoms with Crippen LogP contribution in [0.15, 0.2) is 41.2 Å². The predicted molar refractivity (Wildman–Crippen MR) is 66.0 cm³/mol. The molecule has 0 fully saturated rings. The van der Waals surface area contributed by atoms with Crippen molar-refractivity contribution in [2.45, 2.75) is 0 Å². The summed E-state index contributed by atoms with van der Waals surface area (Å²) in [5.74, 6) is 0. The Kier molecular flexibility index (Phi) is 3.42. The van der Waals surface area contributed by atoms with Crippen molar-refractivity contribution in [2.75, 3.05) is 12.4 Å². The molecule has 1 N–H and O–H groups in total. The average Bonchev–Trinajstić information content (AvgIpc) is 2.45. The van der Waals surface area contributed by atoms with E-state index in [1.165, 1.54) is 6.21 Å². The summed E-state index contributed by atoms with van der Waals surface area (Å²) < 4.78 is 4.13. The molecule has 1 heterocycles. The van der Waals surface area contributed by atoms with Crippen molar-refractivity contribution >= 4 is 23.7 Å². The second-order valence-electron chi connectivity index (χ2n) is 3.53. The quantitative estimate of drug-likeness (QED) is 0.473. The molecule has 2 rings (SSSR count). The summed E-state index contributed by atoms with van der Waals surface area (Å²) in [5, 5.41) is 25.4. The van der Waals surface area contributed by atoms with E-state index in [0.717, 1.165) is 13.3 Å². The first-order valence-corrected chi connectivity index (χ1v) is 5.25. The number of benzene rings is 1. The highest BCUT2D eigenvalue weighted by Gasteiger charge is 2.21. The van der Waals surface area contributed by atoms with Crippen molar-refractivity contribution in [2.24, 2.45) is 4.99 Å². The largest absolute Gasteiger partial charge is 0.672 e. The highest BCUT2D eigenvalue weighted by atomic mass is 16.7. The van der Waals surface area contributed by atoms with E-state index in [2.05, 4.69) is 15.0 Å². The molecule has 0 saturated carbocycles. The number of nitrogens with zero attached hydrogens (tertiary/aromatic N) is 3. The normalized spacial score (nSPS) is 16.4. The number of carbonyl (C=O) groups excluding carboxylic acids is 1. The highest BCUT2D eigenvalue weighted by Crippen LogP contribution is 2.28. The lowest BCUT2D eigenvalue weighted by Gasteiger charge is -2.12. The smallest absolute Gasteiger partial charge is 0.561 e. The van der Waals surface area contributed by atoms with E-state index in [4.69, 9.17) is 0 Å². The number of azo groups is 1. The van der Waals surface area contributed by atoms with E-state index in [9.17, 15) is 15.2 Å². The van der Waals surface area contributed by atoms with Gasteiger partial charge in [-0.1, -0.05) is 12.1 Å². The van der Waals surface area contributed by atoms with Crippen LogP contribution in [0.25, 0.3) is 0 Å². The molecule has 0 unspecified atom stereocenters. The van der Waals surface area contributed by atoms with Crippen LogP contribution in [0.4, 0.5) is 16.2 Å². The van der Waals surface area contributed by atoms with Gasteiger partial charge in [-0.3, -0.25) is 4.99 Å². The van der Waals surface area contributed by atoms with Gasteiger partial charge in [-0.2, -0.15) is 4.79 Å². The van der Waals surface area contributed by atoms with Gasteiger partial charge < -0.3 is 20.5 Å². The van der Waals surface area contributed by atoms with Crippen LogP contribution in [0.2, 0.25) is 0 Å². The maximum Gasteiger partial charge on any atom is 0.672 e. The maximum absolute atomic E-state index is 11.4. The first-order chi connectivity index (χ1) is 9.11. The van der Waals surface area contributed by atoms with Gasteiger partial charge in [0.25, 0.3) is 6.20 Å². The fraction of sp³-hybridized carbons (Fsp3) is 0.0909. The number of ether oxygens (including phenoxy) is 1. The van der Waals surface area contributed by atoms with E-state index in [1.54, 1.807) is 18.2 Å². The van der Waals surface area contributed by atoms with Gasteiger partial charge in [0.1, 0.15) is 5.70 Å². The number of nitrogens with one attached hydrogen (secondary N) is 1. The molecule has 1 amide bonds. The highest BCUT2D eigenvalue weighted by molar-refractivity contribution is 5.91. The van der Waals surface area contributed by atoms with Gasteiger partial charge in [-0.05, 0) is 12.1 Å². The summed E-state index contributed by atoms with van der Waals surface area (Å²) in [7, 11) is 1.00. The van der Waals surface area contributed by atoms with Crippen LogP contribution in [0.5, 0.6) is 0 Å². The van der Waals surface area contributed by atoms with Crippen molar-refractivity contribution in [3.8, 4) is 0 Å². The zero-order valence-corrected chi connectivity index (χ0v) is 9.94. The third kappa shape index (κ3) is 2.68. The number of rotatable bonds is 1. The van der Waals surface area contributed by atoms with Gasteiger partial charge in [-0.25, -0.2) is 0 Å². The van der Waals surface area contributed by atoms with Crippen LogP contribution in [-0.2, 0) is 4.74 Å². The summed E-state index contributed by atoms with van der Waals surface area (Å²) >= 11 is 0. The molecule has 0 aliphatic carbocycles. The fourth-order valence-corrected chi connectivity index (χ4v) is 1.41. The van der Waals surface area contributed by atoms with Crippen LogP contribution in [0.3, 0.4) is 0 Å². The topological polar surface area (TPSA) is 103 Å². The van der Waals surface area contributed by atoms with E-state index >= 15 is 0 Å².